The van der Waals surface area contributed by atoms with Gasteiger partial charge in [0.1, 0.15) is 31.4 Å². The molecule has 0 amide bonds. The first-order chi connectivity index (χ1) is 11.5. The first-order valence-electron chi connectivity index (χ1n) is 7.32. The topological polar surface area (TPSA) is 114 Å². The van der Waals surface area contributed by atoms with Crippen LogP contribution in [0.2, 0.25) is 0 Å². The monoisotopic (exact) mass is 336 g/mol. The van der Waals surface area contributed by atoms with E-state index in [1.807, 2.05) is 0 Å². The highest BCUT2D eigenvalue weighted by Gasteiger charge is 2.39. The normalized spacial score (nSPS) is 23.3. The van der Waals surface area contributed by atoms with Gasteiger partial charge in [0.25, 0.3) is 0 Å². The fourth-order valence-electron chi connectivity index (χ4n) is 2.65. The van der Waals surface area contributed by atoms with Crippen molar-refractivity contribution in [3.05, 3.63) is 29.2 Å². The van der Waals surface area contributed by atoms with Gasteiger partial charge in [0.05, 0.1) is 0 Å². The van der Waals surface area contributed by atoms with Crippen LogP contribution in [0, 0.1) is 0 Å². The molecule has 1 aliphatic heterocycles. The predicted octanol–water partition coefficient (Wildman–Crippen LogP) is -0.327. The average molecular weight is 336 g/mol. The molecule has 3 atom stereocenters. The number of ether oxygens (including phenoxy) is 3. The number of carbonyl (C=O) groups excluding carboxylic acids is 2. The Morgan fingerprint density at radius 2 is 2.08 bits per heavy atom. The second kappa shape index (κ2) is 6.40. The fourth-order valence-corrected chi connectivity index (χ4v) is 2.65. The number of hydrogen-bond donors (Lipinski definition) is 0. The van der Waals surface area contributed by atoms with E-state index in [9.17, 15) is 14.4 Å². The molecule has 3 rings (SSSR count). The van der Waals surface area contributed by atoms with Crippen LogP contribution in [0.25, 0.3) is 5.78 Å². The van der Waals surface area contributed by atoms with Crippen LogP contribution >= 0.6 is 0 Å². The van der Waals surface area contributed by atoms with Crippen molar-refractivity contribution in [1.82, 2.24) is 18.9 Å². The SMILES string of the molecule is CC(=O)OC[C@H]1O[C@@H](n2ccn3c(=O)ncnc23)C[C@@H]1OC(C)=O. The smallest absolute Gasteiger partial charge is 0.356 e. The average Bonchev–Trinajstić information content (AvgIpc) is 3.09. The molecule has 128 valence electrons. The molecule has 2 aromatic rings. The Balaban J connectivity index is 1.85. The molecule has 10 nitrogen and oxygen atoms in total. The van der Waals surface area contributed by atoms with Gasteiger partial charge >= 0.3 is 17.6 Å². The maximum atomic E-state index is 11.7. The quantitative estimate of drug-likeness (QED) is 0.698. The van der Waals surface area contributed by atoms with Crippen molar-refractivity contribution in [1.29, 1.82) is 0 Å². The van der Waals surface area contributed by atoms with Crippen molar-refractivity contribution >= 4 is 17.7 Å². The predicted molar refractivity (Wildman–Crippen MR) is 78.0 cm³/mol. The van der Waals surface area contributed by atoms with Crippen molar-refractivity contribution in [2.24, 2.45) is 0 Å². The lowest BCUT2D eigenvalue weighted by Crippen LogP contribution is -2.31. The van der Waals surface area contributed by atoms with Crippen LogP contribution in [-0.2, 0) is 23.8 Å². The maximum absolute atomic E-state index is 11.7. The van der Waals surface area contributed by atoms with Crippen LogP contribution in [0.1, 0.15) is 26.5 Å². The van der Waals surface area contributed by atoms with E-state index >= 15 is 0 Å². The van der Waals surface area contributed by atoms with Crippen molar-refractivity contribution in [3.8, 4) is 0 Å². The summed E-state index contributed by atoms with van der Waals surface area (Å²) < 4.78 is 19.0. The number of fused-ring (bicyclic) bond motifs is 1. The van der Waals surface area contributed by atoms with Gasteiger partial charge in [0, 0.05) is 32.7 Å². The highest BCUT2D eigenvalue weighted by molar-refractivity contribution is 5.66. The molecule has 0 aliphatic carbocycles. The Kier molecular flexibility index (Phi) is 4.30. The number of hydrogen-bond acceptors (Lipinski definition) is 8. The largest absolute Gasteiger partial charge is 0.463 e. The molecular weight excluding hydrogens is 320 g/mol. The third-order valence-electron chi connectivity index (χ3n) is 3.63. The molecule has 0 unspecified atom stereocenters. The lowest BCUT2D eigenvalue weighted by Gasteiger charge is -2.17. The molecule has 1 saturated heterocycles. The first kappa shape index (κ1) is 16.1. The van der Waals surface area contributed by atoms with Crippen LogP contribution < -0.4 is 5.69 Å². The summed E-state index contributed by atoms with van der Waals surface area (Å²) in [6.45, 7) is 2.56. The minimum atomic E-state index is -0.598. The van der Waals surface area contributed by atoms with Crippen LogP contribution in [-0.4, -0.2) is 49.7 Å². The summed E-state index contributed by atoms with van der Waals surface area (Å²) in [5.74, 6) is -0.544. The van der Waals surface area contributed by atoms with Gasteiger partial charge in [0.2, 0.25) is 5.78 Å². The van der Waals surface area contributed by atoms with Gasteiger partial charge in [0.15, 0.2) is 0 Å². The van der Waals surface area contributed by atoms with Gasteiger partial charge in [-0.2, -0.15) is 4.98 Å². The first-order valence-corrected chi connectivity index (χ1v) is 7.32. The standard InChI is InChI=1S/C14H16N4O6/c1-8(19)22-6-11-10(23-9(2)20)5-12(24-11)17-3-4-18-13(17)15-7-16-14(18)21/h3-4,7,10-12H,5-6H2,1-2H3/t10-,11+,12+/m0/s1. The number of aromatic nitrogens is 4. The van der Waals surface area contributed by atoms with E-state index in [2.05, 4.69) is 9.97 Å². The van der Waals surface area contributed by atoms with Crippen LogP contribution in [0.15, 0.2) is 23.5 Å². The van der Waals surface area contributed by atoms with Gasteiger partial charge in [-0.05, 0) is 0 Å². The van der Waals surface area contributed by atoms with E-state index in [-0.39, 0.29) is 6.61 Å². The van der Waals surface area contributed by atoms with E-state index in [0.29, 0.717) is 12.2 Å². The minimum Gasteiger partial charge on any atom is -0.463 e. The molecule has 2 aromatic heterocycles. The summed E-state index contributed by atoms with van der Waals surface area (Å²) >= 11 is 0. The summed E-state index contributed by atoms with van der Waals surface area (Å²) in [7, 11) is 0. The van der Waals surface area contributed by atoms with E-state index in [1.54, 1.807) is 10.8 Å². The van der Waals surface area contributed by atoms with Gasteiger partial charge in [-0.3, -0.25) is 14.2 Å². The zero-order valence-electron chi connectivity index (χ0n) is 13.1. The van der Waals surface area contributed by atoms with Gasteiger partial charge in [-0.1, -0.05) is 0 Å². The number of esters is 2. The molecule has 0 spiro atoms. The molecule has 0 radical (unpaired) electrons. The Labute approximate surface area is 136 Å². The summed E-state index contributed by atoms with van der Waals surface area (Å²) in [6, 6.07) is 0. The number of rotatable bonds is 4. The second-order valence-electron chi connectivity index (χ2n) is 5.35. The van der Waals surface area contributed by atoms with Gasteiger partial charge < -0.3 is 14.2 Å². The van der Waals surface area contributed by atoms with Crippen molar-refractivity contribution in [3.63, 3.8) is 0 Å². The highest BCUT2D eigenvalue weighted by atomic mass is 16.6. The van der Waals surface area contributed by atoms with Crippen molar-refractivity contribution in [2.45, 2.75) is 38.7 Å². The lowest BCUT2D eigenvalue weighted by molar-refractivity contribution is -0.155. The molecule has 0 saturated carbocycles. The van der Waals surface area contributed by atoms with E-state index in [0.717, 1.165) is 0 Å². The molecule has 3 heterocycles. The molecule has 24 heavy (non-hydrogen) atoms. The number of carbonyl (C=O) groups is 2. The van der Waals surface area contributed by atoms with Gasteiger partial charge in [-0.25, -0.2) is 14.2 Å². The Bertz CT molecular complexity index is 828. The highest BCUT2D eigenvalue weighted by Crippen LogP contribution is 2.32. The molecule has 0 N–H and O–H groups in total. The summed E-state index contributed by atoms with van der Waals surface area (Å²) in [5.41, 5.74) is -0.454. The van der Waals surface area contributed by atoms with Crippen LogP contribution in [0.3, 0.4) is 0 Å². The maximum Gasteiger partial charge on any atom is 0.356 e. The molecular formula is C14H16N4O6. The molecule has 1 fully saturated rings. The summed E-state index contributed by atoms with van der Waals surface area (Å²) in [5, 5.41) is 0. The van der Waals surface area contributed by atoms with E-state index in [4.69, 9.17) is 14.2 Å². The molecule has 1 aliphatic rings. The zero-order valence-corrected chi connectivity index (χ0v) is 13.1. The van der Waals surface area contributed by atoms with Crippen LogP contribution in [0.5, 0.6) is 0 Å². The lowest BCUT2D eigenvalue weighted by atomic mass is 10.2. The van der Waals surface area contributed by atoms with Gasteiger partial charge in [-0.15, -0.1) is 0 Å². The third kappa shape index (κ3) is 3.13. The molecule has 0 bridgehead atoms. The van der Waals surface area contributed by atoms with Crippen LogP contribution in [0.4, 0.5) is 0 Å². The second-order valence-corrected chi connectivity index (χ2v) is 5.35. The molecule has 10 heteroatoms. The number of imidazole rings is 1. The third-order valence-corrected chi connectivity index (χ3v) is 3.63. The fraction of sp³-hybridized carbons (Fsp3) is 0.500. The van der Waals surface area contributed by atoms with Crippen molar-refractivity contribution in [2.75, 3.05) is 6.61 Å². The minimum absolute atomic E-state index is 0.0298. The van der Waals surface area contributed by atoms with E-state index < -0.39 is 36.1 Å². The Morgan fingerprint density at radius 3 is 2.79 bits per heavy atom. The summed E-state index contributed by atoms with van der Waals surface area (Å²) in [4.78, 5) is 41.6. The Morgan fingerprint density at radius 1 is 1.29 bits per heavy atom. The molecule has 0 aromatic carbocycles. The van der Waals surface area contributed by atoms with E-state index in [1.165, 1.54) is 30.8 Å². The summed E-state index contributed by atoms with van der Waals surface area (Å²) in [6.07, 6.45) is 2.99. The zero-order chi connectivity index (χ0) is 17.3. The van der Waals surface area contributed by atoms with Crippen molar-refractivity contribution < 1.29 is 23.8 Å². The number of nitrogens with zero attached hydrogens (tertiary/aromatic N) is 4. The Hall–Kier alpha value is -2.75.